The van der Waals surface area contributed by atoms with E-state index >= 15 is 0 Å². The quantitative estimate of drug-likeness (QED) is 0.540. The van der Waals surface area contributed by atoms with Gasteiger partial charge in [-0.3, -0.25) is 0 Å². The molecular formula is C6H14O2Te. The van der Waals surface area contributed by atoms with E-state index in [0.29, 0.717) is 6.61 Å². The first-order valence-corrected chi connectivity index (χ1v) is 6.47. The maximum absolute atomic E-state index is 9.04. The Balaban J connectivity index is 2.88. The van der Waals surface area contributed by atoms with Gasteiger partial charge < -0.3 is 0 Å². The summed E-state index contributed by atoms with van der Waals surface area (Å²) in [5.74, 6) is 0. The first kappa shape index (κ1) is 9.71. The van der Waals surface area contributed by atoms with Crippen molar-refractivity contribution in [2.45, 2.75) is 28.4 Å². The van der Waals surface area contributed by atoms with E-state index in [0.717, 1.165) is 15.4 Å². The summed E-state index contributed by atoms with van der Waals surface area (Å²) in [5.41, 5.74) is 0. The van der Waals surface area contributed by atoms with Crippen molar-refractivity contribution in [1.82, 2.24) is 0 Å². The zero-order chi connectivity index (χ0) is 7.11. The summed E-state index contributed by atoms with van der Waals surface area (Å²) in [6, 6.07) is 0. The summed E-state index contributed by atoms with van der Waals surface area (Å²) in [7, 11) is 0. The predicted octanol–water partition coefficient (Wildman–Crippen LogP) is 0.290. The molecule has 0 bridgehead atoms. The number of hydrogen-bond acceptors (Lipinski definition) is 2. The average Bonchev–Trinajstić information content (AvgIpc) is 1.89. The van der Waals surface area contributed by atoms with E-state index in [1.54, 1.807) is 0 Å². The molecule has 0 aromatic rings. The van der Waals surface area contributed by atoms with Crippen molar-refractivity contribution in [3.63, 3.8) is 0 Å². The molecule has 0 rings (SSSR count). The van der Waals surface area contributed by atoms with Crippen LogP contribution in [0.4, 0.5) is 0 Å². The number of aliphatic hydroxyl groups is 2. The Hall–Kier alpha value is 0.710. The van der Waals surface area contributed by atoms with Gasteiger partial charge in [-0.1, -0.05) is 0 Å². The third-order valence-electron chi connectivity index (χ3n) is 1.02. The average molecular weight is 246 g/mol. The molecule has 0 aliphatic rings. The summed E-state index contributed by atoms with van der Waals surface area (Å²) in [4.78, 5) is 0. The molecule has 0 aromatic heterocycles. The topological polar surface area (TPSA) is 40.5 Å². The van der Waals surface area contributed by atoms with Crippen molar-refractivity contribution in [1.29, 1.82) is 0 Å². The van der Waals surface area contributed by atoms with Gasteiger partial charge in [0.1, 0.15) is 0 Å². The third kappa shape index (κ3) is 6.60. The van der Waals surface area contributed by atoms with Crippen LogP contribution in [-0.2, 0) is 0 Å². The van der Waals surface area contributed by atoms with E-state index in [-0.39, 0.29) is 27.0 Å². The van der Waals surface area contributed by atoms with Crippen molar-refractivity contribution >= 4 is 20.9 Å². The summed E-state index contributed by atoms with van der Waals surface area (Å²) < 4.78 is 1.91. The minimum absolute atomic E-state index is 0.0778. The van der Waals surface area contributed by atoms with E-state index in [9.17, 15) is 0 Å². The first-order chi connectivity index (χ1) is 4.31. The van der Waals surface area contributed by atoms with Crippen molar-refractivity contribution in [3.05, 3.63) is 0 Å². The first-order valence-electron chi connectivity index (χ1n) is 3.18. The van der Waals surface area contributed by atoms with Crippen LogP contribution in [0.3, 0.4) is 0 Å². The Bertz CT molecular complexity index is 59.0. The number of aliphatic hydroxyl groups excluding tert-OH is 2. The van der Waals surface area contributed by atoms with Gasteiger partial charge in [0.2, 0.25) is 0 Å². The second-order valence-corrected chi connectivity index (χ2v) is 5.14. The molecule has 3 heteroatoms. The van der Waals surface area contributed by atoms with Gasteiger partial charge in [0.15, 0.2) is 0 Å². The molecule has 0 amide bonds. The van der Waals surface area contributed by atoms with Crippen LogP contribution in [0, 0.1) is 0 Å². The van der Waals surface area contributed by atoms with Gasteiger partial charge in [-0.05, 0) is 0 Å². The van der Waals surface area contributed by atoms with Gasteiger partial charge in [0.05, 0.1) is 0 Å². The molecule has 0 radical (unpaired) electrons. The summed E-state index contributed by atoms with van der Waals surface area (Å²) in [6.45, 7) is 2.29. The zero-order valence-corrected chi connectivity index (χ0v) is 8.04. The van der Waals surface area contributed by atoms with E-state index in [4.69, 9.17) is 10.2 Å². The molecule has 1 atom stereocenters. The van der Waals surface area contributed by atoms with Gasteiger partial charge in [-0.25, -0.2) is 0 Å². The molecule has 1 unspecified atom stereocenters. The minimum atomic E-state index is -0.0982. The molecule has 2 nitrogen and oxygen atoms in total. The van der Waals surface area contributed by atoms with Gasteiger partial charge >= 0.3 is 66.1 Å². The summed E-state index contributed by atoms with van der Waals surface area (Å²) in [5, 5.41) is 17.4. The van der Waals surface area contributed by atoms with Crippen LogP contribution in [-0.4, -0.2) is 43.8 Å². The monoisotopic (exact) mass is 248 g/mol. The van der Waals surface area contributed by atoms with Crippen LogP contribution in [0.25, 0.3) is 0 Å². The Kier molecular flexibility index (Phi) is 7.36. The fraction of sp³-hybridized carbons (Fsp3) is 1.00. The fourth-order valence-electron chi connectivity index (χ4n) is 0.402. The Labute approximate surface area is 66.4 Å². The molecular weight excluding hydrogens is 232 g/mol. The SMILES string of the molecule is CCC(O)C[Te]CCO. The number of rotatable bonds is 5. The van der Waals surface area contributed by atoms with Crippen LogP contribution < -0.4 is 0 Å². The predicted molar refractivity (Wildman–Crippen MR) is 38.8 cm³/mol. The maximum atomic E-state index is 9.04. The van der Waals surface area contributed by atoms with Crippen LogP contribution in [0.1, 0.15) is 13.3 Å². The van der Waals surface area contributed by atoms with E-state index in [1.807, 2.05) is 6.92 Å². The van der Waals surface area contributed by atoms with Crippen LogP contribution in [0.5, 0.6) is 0 Å². The van der Waals surface area contributed by atoms with Crippen LogP contribution >= 0.6 is 0 Å². The second kappa shape index (κ2) is 6.82. The summed E-state index contributed by atoms with van der Waals surface area (Å²) >= 11 is -0.0778. The molecule has 0 fully saturated rings. The molecule has 9 heavy (non-hydrogen) atoms. The molecule has 0 heterocycles. The Morgan fingerprint density at radius 3 is 2.67 bits per heavy atom. The third-order valence-corrected chi connectivity index (χ3v) is 4.13. The van der Waals surface area contributed by atoms with Gasteiger partial charge in [0.25, 0.3) is 0 Å². The van der Waals surface area contributed by atoms with Crippen molar-refractivity contribution in [3.8, 4) is 0 Å². The molecule has 0 aliphatic carbocycles. The molecule has 0 saturated heterocycles. The Morgan fingerprint density at radius 1 is 1.56 bits per heavy atom. The molecule has 0 aromatic carbocycles. The van der Waals surface area contributed by atoms with Gasteiger partial charge in [-0.15, -0.1) is 0 Å². The van der Waals surface area contributed by atoms with Crippen molar-refractivity contribution in [2.24, 2.45) is 0 Å². The zero-order valence-electron chi connectivity index (χ0n) is 5.71. The normalized spacial score (nSPS) is 13.7. The second-order valence-electron chi connectivity index (χ2n) is 1.86. The number of hydrogen-bond donors (Lipinski definition) is 2. The molecule has 0 saturated carbocycles. The van der Waals surface area contributed by atoms with Crippen molar-refractivity contribution < 1.29 is 10.2 Å². The van der Waals surface area contributed by atoms with E-state index in [2.05, 4.69) is 0 Å². The molecule has 56 valence electrons. The van der Waals surface area contributed by atoms with Crippen LogP contribution in [0.15, 0.2) is 0 Å². The molecule has 2 N–H and O–H groups in total. The van der Waals surface area contributed by atoms with Gasteiger partial charge in [-0.2, -0.15) is 0 Å². The van der Waals surface area contributed by atoms with E-state index in [1.165, 1.54) is 0 Å². The fourth-order valence-corrected chi connectivity index (χ4v) is 2.70. The molecule has 0 aliphatic heterocycles. The van der Waals surface area contributed by atoms with E-state index < -0.39 is 0 Å². The van der Waals surface area contributed by atoms with Gasteiger partial charge in [0, 0.05) is 0 Å². The summed E-state index contributed by atoms with van der Waals surface area (Å²) in [6.07, 6.45) is 0.759. The Morgan fingerprint density at radius 2 is 2.22 bits per heavy atom. The standard InChI is InChI=1S/C6H14O2Te/c1-2-6(8)5-9-4-3-7/h6-8H,2-5H2,1H3. The van der Waals surface area contributed by atoms with Crippen molar-refractivity contribution in [2.75, 3.05) is 6.61 Å². The van der Waals surface area contributed by atoms with Crippen LogP contribution in [0.2, 0.25) is 8.94 Å². The molecule has 0 spiro atoms.